The molecule has 0 saturated heterocycles. The van der Waals surface area contributed by atoms with Gasteiger partial charge in [0, 0.05) is 12.6 Å². The Bertz CT molecular complexity index is 597. The van der Waals surface area contributed by atoms with E-state index in [1.165, 1.54) is 5.56 Å². The van der Waals surface area contributed by atoms with Gasteiger partial charge in [-0.1, -0.05) is 6.07 Å². The fraction of sp³-hybridized carbons (Fsp3) is 0.462. The molecule has 0 bridgehead atoms. The Kier molecular flexibility index (Phi) is 2.22. The molecule has 0 N–H and O–H groups in total. The highest BCUT2D eigenvalue weighted by Gasteiger charge is 2.20. The van der Waals surface area contributed by atoms with Crippen molar-refractivity contribution in [3.8, 4) is 0 Å². The zero-order valence-electron chi connectivity index (χ0n) is 10.5. The molecule has 0 aliphatic carbocycles. The molecule has 2 rings (SSSR count). The van der Waals surface area contributed by atoms with E-state index >= 15 is 0 Å². The molecule has 86 valence electrons. The van der Waals surface area contributed by atoms with E-state index in [1.54, 1.807) is 4.57 Å². The van der Waals surface area contributed by atoms with Gasteiger partial charge in [-0.05, 0) is 45.4 Å². The molecule has 1 heterocycles. The molecule has 0 aliphatic heterocycles. The lowest BCUT2D eigenvalue weighted by Crippen LogP contribution is -2.34. The third kappa shape index (κ3) is 1.47. The van der Waals surface area contributed by atoms with Crippen LogP contribution in [0.4, 0.5) is 0 Å². The van der Waals surface area contributed by atoms with Crippen LogP contribution in [0, 0.1) is 6.92 Å². The molecule has 0 amide bonds. The van der Waals surface area contributed by atoms with Crippen LogP contribution in [0.3, 0.4) is 0 Å². The Labute approximate surface area is 95.3 Å². The van der Waals surface area contributed by atoms with E-state index in [9.17, 15) is 4.79 Å². The van der Waals surface area contributed by atoms with Crippen molar-refractivity contribution in [1.29, 1.82) is 0 Å². The van der Waals surface area contributed by atoms with Crippen LogP contribution in [0.25, 0.3) is 11.0 Å². The molecule has 1 aromatic heterocycles. The van der Waals surface area contributed by atoms with Crippen LogP contribution in [-0.4, -0.2) is 9.13 Å². The molecule has 0 fully saturated rings. The van der Waals surface area contributed by atoms with Gasteiger partial charge in [-0.15, -0.1) is 0 Å². The second-order valence-electron chi connectivity index (χ2n) is 5.34. The van der Waals surface area contributed by atoms with Gasteiger partial charge < -0.3 is 0 Å². The second-order valence-corrected chi connectivity index (χ2v) is 5.34. The predicted octanol–water partition coefficient (Wildman–Crippen LogP) is 2.40. The maximum Gasteiger partial charge on any atom is 0.329 e. The Morgan fingerprint density at radius 3 is 2.31 bits per heavy atom. The summed E-state index contributed by atoms with van der Waals surface area (Å²) in [7, 11) is 1.83. The minimum Gasteiger partial charge on any atom is -0.295 e. The molecule has 2 aromatic rings. The quantitative estimate of drug-likeness (QED) is 0.667. The standard InChI is InChI=1S/C13H18N2O/c1-9-6-7-10-11(8-9)14(5)12(16)15(10)13(2,3)4/h6-8H,1-5H3. The first-order chi connectivity index (χ1) is 7.32. The molecule has 1 aromatic carbocycles. The molecular formula is C13H18N2O. The van der Waals surface area contributed by atoms with Crippen molar-refractivity contribution in [1.82, 2.24) is 9.13 Å². The maximum atomic E-state index is 12.2. The minimum atomic E-state index is -0.189. The van der Waals surface area contributed by atoms with E-state index in [2.05, 4.69) is 6.07 Å². The first-order valence-corrected chi connectivity index (χ1v) is 5.51. The summed E-state index contributed by atoms with van der Waals surface area (Å²) >= 11 is 0. The summed E-state index contributed by atoms with van der Waals surface area (Å²) in [5.41, 5.74) is 3.04. The summed E-state index contributed by atoms with van der Waals surface area (Å²) in [6.45, 7) is 8.19. The van der Waals surface area contributed by atoms with Crippen molar-refractivity contribution in [2.24, 2.45) is 7.05 Å². The second kappa shape index (κ2) is 3.24. The molecule has 0 aliphatic rings. The highest BCUT2D eigenvalue weighted by atomic mass is 16.1. The number of aromatic nitrogens is 2. The summed E-state index contributed by atoms with van der Waals surface area (Å²) in [5, 5.41) is 0. The first kappa shape index (κ1) is 11.0. The Balaban J connectivity index is 2.96. The Morgan fingerprint density at radius 2 is 1.75 bits per heavy atom. The maximum absolute atomic E-state index is 12.2. The lowest BCUT2D eigenvalue weighted by Gasteiger charge is -2.20. The van der Waals surface area contributed by atoms with Crippen molar-refractivity contribution < 1.29 is 0 Å². The molecule has 16 heavy (non-hydrogen) atoms. The van der Waals surface area contributed by atoms with Crippen LogP contribution in [0.15, 0.2) is 23.0 Å². The third-order valence-electron chi connectivity index (χ3n) is 2.88. The van der Waals surface area contributed by atoms with E-state index < -0.39 is 0 Å². The molecule has 0 unspecified atom stereocenters. The molecule has 0 atom stereocenters. The van der Waals surface area contributed by atoms with Gasteiger partial charge in [0.15, 0.2) is 0 Å². The van der Waals surface area contributed by atoms with Crippen LogP contribution < -0.4 is 5.69 Å². The van der Waals surface area contributed by atoms with Crippen LogP contribution in [-0.2, 0) is 12.6 Å². The van der Waals surface area contributed by atoms with Crippen LogP contribution in [0.1, 0.15) is 26.3 Å². The molecule has 0 spiro atoms. The summed E-state index contributed by atoms with van der Waals surface area (Å²) in [5.74, 6) is 0. The number of hydrogen-bond donors (Lipinski definition) is 0. The molecule has 0 saturated carbocycles. The lowest BCUT2D eigenvalue weighted by molar-refractivity contribution is 0.392. The number of benzene rings is 1. The summed E-state index contributed by atoms with van der Waals surface area (Å²) in [6, 6.07) is 6.13. The largest absolute Gasteiger partial charge is 0.329 e. The zero-order valence-corrected chi connectivity index (χ0v) is 10.5. The smallest absolute Gasteiger partial charge is 0.295 e. The van der Waals surface area contributed by atoms with Crippen molar-refractivity contribution in [2.75, 3.05) is 0 Å². The van der Waals surface area contributed by atoms with Crippen molar-refractivity contribution in [3.05, 3.63) is 34.2 Å². The molecular weight excluding hydrogens is 200 g/mol. The highest BCUT2D eigenvalue weighted by Crippen LogP contribution is 2.21. The molecule has 0 radical (unpaired) electrons. The topological polar surface area (TPSA) is 26.9 Å². The zero-order chi connectivity index (χ0) is 12.1. The number of nitrogens with zero attached hydrogens (tertiary/aromatic N) is 2. The van der Waals surface area contributed by atoms with Crippen molar-refractivity contribution >= 4 is 11.0 Å². The number of rotatable bonds is 0. The monoisotopic (exact) mass is 218 g/mol. The molecule has 3 heteroatoms. The average molecular weight is 218 g/mol. The van der Waals surface area contributed by atoms with Crippen LogP contribution in [0.2, 0.25) is 0 Å². The number of hydrogen-bond acceptors (Lipinski definition) is 1. The van der Waals surface area contributed by atoms with Crippen molar-refractivity contribution in [3.63, 3.8) is 0 Å². The number of fused-ring (bicyclic) bond motifs is 1. The number of imidazole rings is 1. The van der Waals surface area contributed by atoms with Gasteiger partial charge in [0.05, 0.1) is 11.0 Å². The normalized spacial score (nSPS) is 12.3. The van der Waals surface area contributed by atoms with Crippen molar-refractivity contribution in [2.45, 2.75) is 33.2 Å². The average Bonchev–Trinajstić information content (AvgIpc) is 2.40. The fourth-order valence-electron chi connectivity index (χ4n) is 2.10. The summed E-state index contributed by atoms with van der Waals surface area (Å²) in [6.07, 6.45) is 0. The number of aryl methyl sites for hydroxylation is 2. The van der Waals surface area contributed by atoms with Gasteiger partial charge in [0.1, 0.15) is 0 Å². The minimum absolute atomic E-state index is 0.0492. The van der Waals surface area contributed by atoms with Gasteiger partial charge in [0.2, 0.25) is 0 Å². The fourth-order valence-corrected chi connectivity index (χ4v) is 2.10. The predicted molar refractivity (Wildman–Crippen MR) is 66.9 cm³/mol. The first-order valence-electron chi connectivity index (χ1n) is 5.51. The van der Waals surface area contributed by atoms with E-state index in [0.29, 0.717) is 0 Å². The van der Waals surface area contributed by atoms with Gasteiger partial charge in [-0.2, -0.15) is 0 Å². The van der Waals surface area contributed by atoms with Gasteiger partial charge >= 0.3 is 5.69 Å². The van der Waals surface area contributed by atoms with Gasteiger partial charge in [-0.3, -0.25) is 9.13 Å². The highest BCUT2D eigenvalue weighted by molar-refractivity contribution is 5.77. The van der Waals surface area contributed by atoms with E-state index in [1.807, 2.05) is 51.4 Å². The van der Waals surface area contributed by atoms with E-state index in [0.717, 1.165) is 11.0 Å². The third-order valence-corrected chi connectivity index (χ3v) is 2.88. The molecule has 3 nitrogen and oxygen atoms in total. The van der Waals surface area contributed by atoms with E-state index in [-0.39, 0.29) is 11.2 Å². The van der Waals surface area contributed by atoms with Gasteiger partial charge in [-0.25, -0.2) is 4.79 Å². The SMILES string of the molecule is Cc1ccc2c(c1)n(C)c(=O)n2C(C)(C)C. The van der Waals surface area contributed by atoms with Gasteiger partial charge in [0.25, 0.3) is 0 Å². The van der Waals surface area contributed by atoms with Crippen LogP contribution in [0.5, 0.6) is 0 Å². The summed E-state index contributed by atoms with van der Waals surface area (Å²) < 4.78 is 3.56. The van der Waals surface area contributed by atoms with Crippen LogP contribution >= 0.6 is 0 Å². The lowest BCUT2D eigenvalue weighted by atomic mass is 10.1. The Hall–Kier alpha value is -1.51. The van der Waals surface area contributed by atoms with E-state index in [4.69, 9.17) is 0 Å². The summed E-state index contributed by atoms with van der Waals surface area (Å²) in [4.78, 5) is 12.2. The Morgan fingerprint density at radius 1 is 1.12 bits per heavy atom.